The van der Waals surface area contributed by atoms with Crippen LogP contribution in [0.4, 0.5) is 4.79 Å². The maximum Gasteiger partial charge on any atom is 0.318 e. The van der Waals surface area contributed by atoms with Crippen LogP contribution < -0.4 is 11.1 Å². The molecule has 0 radical (unpaired) electrons. The Hall–Kier alpha value is -3.20. The molecular formula is C18H18N6O2S. The molecule has 3 amide bonds. The van der Waals surface area contributed by atoms with Crippen molar-refractivity contribution in [2.45, 2.75) is 23.9 Å². The summed E-state index contributed by atoms with van der Waals surface area (Å²) in [4.78, 5) is 27.0. The topological polar surface area (TPSA) is 116 Å². The van der Waals surface area contributed by atoms with Gasteiger partial charge in [0.1, 0.15) is 0 Å². The van der Waals surface area contributed by atoms with E-state index in [1.165, 1.54) is 11.8 Å². The van der Waals surface area contributed by atoms with Gasteiger partial charge in [-0.25, -0.2) is 4.79 Å². The lowest BCUT2D eigenvalue weighted by atomic mass is 10.2. The lowest BCUT2D eigenvalue weighted by Crippen LogP contribution is -2.39. The first kappa shape index (κ1) is 18.6. The summed E-state index contributed by atoms with van der Waals surface area (Å²) < 4.78 is 1.92. The number of pyridine rings is 1. The molecule has 1 atom stereocenters. The van der Waals surface area contributed by atoms with Crippen molar-refractivity contribution in [1.29, 1.82) is 0 Å². The Labute approximate surface area is 160 Å². The van der Waals surface area contributed by atoms with Crippen molar-refractivity contribution >= 4 is 23.7 Å². The number of hydrogen-bond donors (Lipinski definition) is 2. The number of amides is 3. The molecule has 138 valence electrons. The zero-order valence-corrected chi connectivity index (χ0v) is 15.4. The number of rotatable bonds is 6. The number of carbonyl (C=O) groups excluding carboxylic acids is 2. The number of primary amides is 1. The van der Waals surface area contributed by atoms with Crippen LogP contribution in [0.3, 0.4) is 0 Å². The fourth-order valence-electron chi connectivity index (χ4n) is 2.43. The van der Waals surface area contributed by atoms with Gasteiger partial charge in [-0.1, -0.05) is 42.1 Å². The van der Waals surface area contributed by atoms with Crippen LogP contribution in [-0.4, -0.2) is 36.9 Å². The van der Waals surface area contributed by atoms with Crippen molar-refractivity contribution in [2.75, 3.05) is 0 Å². The van der Waals surface area contributed by atoms with Crippen molar-refractivity contribution < 1.29 is 9.59 Å². The standard InChI is InChI=1S/C18H18N6O2S/c1-12(16(25)21-17(19)26)27-18-23-22-15(14-8-5-9-20-10-14)24(18)11-13-6-3-2-4-7-13/h2-10,12H,11H2,1H3,(H3,19,21,25,26)/t12-/m0/s1. The third-order valence-corrected chi connectivity index (χ3v) is 4.80. The highest BCUT2D eigenvalue weighted by molar-refractivity contribution is 8.00. The molecule has 8 nitrogen and oxygen atoms in total. The van der Waals surface area contributed by atoms with Crippen molar-refractivity contribution in [2.24, 2.45) is 5.73 Å². The SMILES string of the molecule is C[C@H](Sc1nnc(-c2cccnc2)n1Cc1ccccc1)C(=O)NC(N)=O. The minimum Gasteiger partial charge on any atom is -0.351 e. The molecule has 0 spiro atoms. The van der Waals surface area contributed by atoms with E-state index in [9.17, 15) is 9.59 Å². The second-order valence-electron chi connectivity index (χ2n) is 5.73. The Morgan fingerprint density at radius 3 is 2.63 bits per heavy atom. The van der Waals surface area contributed by atoms with Crippen LogP contribution in [0.25, 0.3) is 11.4 Å². The van der Waals surface area contributed by atoms with E-state index in [-0.39, 0.29) is 0 Å². The first-order valence-corrected chi connectivity index (χ1v) is 9.07. The summed E-state index contributed by atoms with van der Waals surface area (Å²) >= 11 is 1.20. The number of nitrogens with one attached hydrogen (secondary N) is 1. The molecular weight excluding hydrogens is 364 g/mol. The summed E-state index contributed by atoms with van der Waals surface area (Å²) in [5.74, 6) is 0.168. The third-order valence-electron chi connectivity index (χ3n) is 3.72. The average Bonchev–Trinajstić information content (AvgIpc) is 3.05. The van der Waals surface area contributed by atoms with Crippen LogP contribution in [0.15, 0.2) is 60.0 Å². The van der Waals surface area contributed by atoms with Crippen LogP contribution in [0, 0.1) is 0 Å². The smallest absolute Gasteiger partial charge is 0.318 e. The molecule has 0 aliphatic rings. The van der Waals surface area contributed by atoms with Gasteiger partial charge in [0.2, 0.25) is 5.91 Å². The molecule has 27 heavy (non-hydrogen) atoms. The van der Waals surface area contributed by atoms with E-state index in [0.717, 1.165) is 11.1 Å². The predicted octanol–water partition coefficient (Wildman–Crippen LogP) is 2.06. The predicted molar refractivity (Wildman–Crippen MR) is 102 cm³/mol. The van der Waals surface area contributed by atoms with Crippen molar-refractivity contribution in [3.05, 3.63) is 60.4 Å². The van der Waals surface area contributed by atoms with Gasteiger partial charge in [-0.2, -0.15) is 0 Å². The summed E-state index contributed by atoms with van der Waals surface area (Å²) in [5, 5.41) is 10.6. The van der Waals surface area contributed by atoms with Crippen molar-refractivity contribution in [3.8, 4) is 11.4 Å². The Kier molecular flexibility index (Phi) is 5.82. The number of imide groups is 1. The molecule has 0 unspecified atom stereocenters. The number of aromatic nitrogens is 4. The number of nitrogens with two attached hydrogens (primary N) is 1. The van der Waals surface area contributed by atoms with Gasteiger partial charge in [0.15, 0.2) is 11.0 Å². The minimum atomic E-state index is -0.880. The molecule has 0 saturated carbocycles. The maximum atomic E-state index is 12.0. The number of hydrogen-bond acceptors (Lipinski definition) is 6. The van der Waals surface area contributed by atoms with Crippen LogP contribution in [0.1, 0.15) is 12.5 Å². The first-order valence-electron chi connectivity index (χ1n) is 8.19. The molecule has 0 aliphatic carbocycles. The van der Waals surface area contributed by atoms with Gasteiger partial charge in [-0.15, -0.1) is 10.2 Å². The molecule has 2 aromatic heterocycles. The Bertz CT molecular complexity index is 930. The Morgan fingerprint density at radius 2 is 1.96 bits per heavy atom. The van der Waals surface area contributed by atoms with E-state index in [4.69, 9.17) is 5.73 Å². The molecule has 3 aromatic rings. The highest BCUT2D eigenvalue weighted by Gasteiger charge is 2.21. The molecule has 9 heteroatoms. The van der Waals surface area contributed by atoms with Crippen LogP contribution >= 0.6 is 11.8 Å². The zero-order valence-electron chi connectivity index (χ0n) is 14.6. The molecule has 0 fully saturated rings. The fraction of sp³-hybridized carbons (Fsp3) is 0.167. The fourth-order valence-corrected chi connectivity index (χ4v) is 3.28. The molecule has 3 rings (SSSR count). The van der Waals surface area contributed by atoms with Crippen LogP contribution in [-0.2, 0) is 11.3 Å². The number of nitrogens with zero attached hydrogens (tertiary/aromatic N) is 4. The lowest BCUT2D eigenvalue weighted by molar-refractivity contribution is -0.119. The van der Waals surface area contributed by atoms with Gasteiger partial charge in [-0.05, 0) is 24.6 Å². The molecule has 0 bridgehead atoms. The number of carbonyl (C=O) groups is 2. The van der Waals surface area contributed by atoms with Gasteiger partial charge in [0.05, 0.1) is 11.8 Å². The van der Waals surface area contributed by atoms with Crippen molar-refractivity contribution in [1.82, 2.24) is 25.1 Å². The summed E-state index contributed by atoms with van der Waals surface area (Å²) in [6.45, 7) is 2.21. The highest BCUT2D eigenvalue weighted by atomic mass is 32.2. The maximum absolute atomic E-state index is 12.0. The monoisotopic (exact) mass is 382 g/mol. The van der Waals surface area contributed by atoms with Crippen LogP contribution in [0.2, 0.25) is 0 Å². The van der Waals surface area contributed by atoms with Crippen LogP contribution in [0.5, 0.6) is 0 Å². The number of thioether (sulfide) groups is 1. The first-order chi connectivity index (χ1) is 13.0. The summed E-state index contributed by atoms with van der Waals surface area (Å²) in [6.07, 6.45) is 3.40. The molecule has 1 aromatic carbocycles. The zero-order chi connectivity index (χ0) is 19.2. The van der Waals surface area contributed by atoms with E-state index >= 15 is 0 Å². The minimum absolute atomic E-state index is 0.482. The normalized spacial score (nSPS) is 11.7. The Morgan fingerprint density at radius 1 is 1.19 bits per heavy atom. The molecule has 0 saturated heterocycles. The Balaban J connectivity index is 1.92. The number of benzene rings is 1. The summed E-state index contributed by atoms with van der Waals surface area (Å²) in [5.41, 5.74) is 6.91. The summed E-state index contributed by atoms with van der Waals surface area (Å²) in [6, 6.07) is 12.7. The second kappa shape index (κ2) is 8.45. The van der Waals surface area contributed by atoms with E-state index in [1.807, 2.05) is 47.0 Å². The van der Waals surface area contributed by atoms with Gasteiger partial charge < -0.3 is 5.73 Å². The van der Waals surface area contributed by atoms with E-state index < -0.39 is 17.2 Å². The quantitative estimate of drug-likeness (QED) is 0.631. The molecule has 0 aliphatic heterocycles. The van der Waals surface area contributed by atoms with Gasteiger partial charge in [-0.3, -0.25) is 19.7 Å². The summed E-state index contributed by atoms with van der Waals surface area (Å²) in [7, 11) is 0. The van der Waals surface area contributed by atoms with E-state index in [0.29, 0.717) is 17.5 Å². The number of urea groups is 1. The average molecular weight is 382 g/mol. The van der Waals surface area contributed by atoms with Gasteiger partial charge in [0.25, 0.3) is 0 Å². The largest absolute Gasteiger partial charge is 0.351 e. The van der Waals surface area contributed by atoms with E-state index in [2.05, 4.69) is 20.5 Å². The molecule has 3 N–H and O–H groups in total. The van der Waals surface area contributed by atoms with Gasteiger partial charge >= 0.3 is 6.03 Å². The van der Waals surface area contributed by atoms with E-state index in [1.54, 1.807) is 19.3 Å². The highest BCUT2D eigenvalue weighted by Crippen LogP contribution is 2.27. The van der Waals surface area contributed by atoms with Crippen molar-refractivity contribution in [3.63, 3.8) is 0 Å². The third kappa shape index (κ3) is 4.70. The van der Waals surface area contributed by atoms with Gasteiger partial charge in [0, 0.05) is 18.0 Å². The molecule has 2 heterocycles. The lowest BCUT2D eigenvalue weighted by Gasteiger charge is -2.13. The second-order valence-corrected chi connectivity index (χ2v) is 7.04.